The number of rotatable bonds is 4. The van der Waals surface area contributed by atoms with Gasteiger partial charge in [0.25, 0.3) is 0 Å². The van der Waals surface area contributed by atoms with Crippen LogP contribution >= 0.6 is 0 Å². The van der Waals surface area contributed by atoms with E-state index in [9.17, 15) is 4.79 Å². The molecule has 2 aromatic rings. The first-order valence-electron chi connectivity index (χ1n) is 10.8. The molecule has 1 saturated carbocycles. The summed E-state index contributed by atoms with van der Waals surface area (Å²) in [5.74, 6) is 1.83. The summed E-state index contributed by atoms with van der Waals surface area (Å²) in [5.41, 5.74) is 1.78. The highest BCUT2D eigenvalue weighted by Gasteiger charge is 2.45. The fourth-order valence-electron chi connectivity index (χ4n) is 5.11. The Bertz CT molecular complexity index is 877. The lowest BCUT2D eigenvalue weighted by Crippen LogP contribution is -2.47. The first-order valence-corrected chi connectivity index (χ1v) is 10.8. The molecule has 1 unspecified atom stereocenters. The molecule has 5 rings (SSSR count). The number of carbonyl (C=O) groups is 1. The van der Waals surface area contributed by atoms with E-state index in [2.05, 4.69) is 28.4 Å². The summed E-state index contributed by atoms with van der Waals surface area (Å²) in [7, 11) is 0. The van der Waals surface area contributed by atoms with Crippen LogP contribution in [0.2, 0.25) is 0 Å². The number of nitrogens with zero attached hydrogens (tertiary/aromatic N) is 1. The molecule has 0 aromatic heterocycles. The van der Waals surface area contributed by atoms with E-state index in [-0.39, 0.29) is 12.7 Å². The summed E-state index contributed by atoms with van der Waals surface area (Å²) >= 11 is 0. The summed E-state index contributed by atoms with van der Waals surface area (Å²) in [4.78, 5) is 15.9. The largest absolute Gasteiger partial charge is 0.454 e. The second kappa shape index (κ2) is 7.62. The first-order chi connectivity index (χ1) is 14.2. The van der Waals surface area contributed by atoms with Crippen LogP contribution < -0.4 is 14.8 Å². The predicted molar refractivity (Wildman–Crippen MR) is 112 cm³/mol. The maximum Gasteiger partial charge on any atom is 0.233 e. The van der Waals surface area contributed by atoms with Crippen molar-refractivity contribution >= 4 is 11.6 Å². The number of fused-ring (bicyclic) bond motifs is 1. The Morgan fingerprint density at radius 1 is 1.00 bits per heavy atom. The average molecular weight is 392 g/mol. The fraction of sp³-hybridized carbons (Fsp3) is 0.458. The highest BCUT2D eigenvalue weighted by molar-refractivity contribution is 5.89. The zero-order valence-corrected chi connectivity index (χ0v) is 16.7. The summed E-state index contributed by atoms with van der Waals surface area (Å²) < 4.78 is 11.1. The monoisotopic (exact) mass is 392 g/mol. The Kier molecular flexibility index (Phi) is 4.82. The van der Waals surface area contributed by atoms with Gasteiger partial charge in [-0.25, -0.2) is 0 Å². The highest BCUT2D eigenvalue weighted by atomic mass is 16.7. The molecule has 1 atom stereocenters. The minimum absolute atomic E-state index is 0.263. The van der Waals surface area contributed by atoms with E-state index in [1.54, 1.807) is 0 Å². The molecular weight excluding hydrogens is 364 g/mol. The molecule has 1 amide bonds. The molecule has 152 valence electrons. The number of para-hydroxylation sites is 1. The van der Waals surface area contributed by atoms with Gasteiger partial charge in [0.15, 0.2) is 11.5 Å². The summed E-state index contributed by atoms with van der Waals surface area (Å²) in [6.07, 6.45) is 6.21. The number of hydrogen-bond acceptors (Lipinski definition) is 4. The molecule has 2 heterocycles. The Morgan fingerprint density at radius 2 is 1.79 bits per heavy atom. The summed E-state index contributed by atoms with van der Waals surface area (Å²) in [5, 5.41) is 3.58. The van der Waals surface area contributed by atoms with Gasteiger partial charge in [0, 0.05) is 24.8 Å². The van der Waals surface area contributed by atoms with Crippen molar-refractivity contribution in [2.45, 2.75) is 50.0 Å². The molecule has 2 aromatic carbocycles. The molecule has 3 aliphatic rings. The molecule has 1 N–H and O–H groups in total. The normalized spacial score (nSPS) is 22.5. The van der Waals surface area contributed by atoms with Crippen LogP contribution in [0.5, 0.6) is 11.5 Å². The summed E-state index contributed by atoms with van der Waals surface area (Å²) in [6, 6.07) is 16.7. The van der Waals surface area contributed by atoms with Gasteiger partial charge in [0.05, 0.1) is 5.41 Å². The van der Waals surface area contributed by atoms with Crippen molar-refractivity contribution in [3.63, 3.8) is 0 Å². The van der Waals surface area contributed by atoms with Crippen molar-refractivity contribution < 1.29 is 14.3 Å². The average Bonchev–Trinajstić information content (AvgIpc) is 3.43. The molecule has 1 aliphatic carbocycles. The molecule has 0 radical (unpaired) electrons. The van der Waals surface area contributed by atoms with Crippen molar-refractivity contribution in [3.05, 3.63) is 54.1 Å². The number of amides is 1. The standard InChI is InChI=1S/C24H28N2O3/c27-23(26-14-11-20(16-26)25-19-7-3-1-4-8-19)24(12-5-2-6-13-24)18-9-10-21-22(15-18)29-17-28-21/h1,3-4,7-10,15,20,25H,2,5-6,11-14,16-17H2. The molecule has 5 heteroatoms. The van der Waals surface area contributed by atoms with Crippen LogP contribution in [0.15, 0.2) is 48.5 Å². The van der Waals surface area contributed by atoms with Crippen LogP contribution in [0.4, 0.5) is 5.69 Å². The van der Waals surface area contributed by atoms with E-state index in [0.717, 1.165) is 67.9 Å². The van der Waals surface area contributed by atoms with E-state index in [0.29, 0.717) is 6.04 Å². The van der Waals surface area contributed by atoms with Gasteiger partial charge in [-0.15, -0.1) is 0 Å². The number of carbonyl (C=O) groups excluding carboxylic acids is 1. The Labute approximate surface area is 172 Å². The number of ether oxygens (including phenoxy) is 2. The van der Waals surface area contributed by atoms with E-state index >= 15 is 0 Å². The molecule has 5 nitrogen and oxygen atoms in total. The molecule has 2 fully saturated rings. The molecule has 0 bridgehead atoms. The highest BCUT2D eigenvalue weighted by Crippen LogP contribution is 2.45. The SMILES string of the molecule is O=C(N1CCC(Nc2ccccc2)C1)C1(c2ccc3c(c2)OCO3)CCCCC1. The van der Waals surface area contributed by atoms with Gasteiger partial charge in [-0.05, 0) is 49.1 Å². The van der Waals surface area contributed by atoms with E-state index in [1.165, 1.54) is 6.42 Å². The van der Waals surface area contributed by atoms with Crippen LogP contribution in [0, 0.1) is 0 Å². The Hall–Kier alpha value is -2.69. The van der Waals surface area contributed by atoms with Crippen LogP contribution in [0.1, 0.15) is 44.1 Å². The van der Waals surface area contributed by atoms with Crippen molar-refractivity contribution in [2.24, 2.45) is 0 Å². The van der Waals surface area contributed by atoms with Gasteiger partial charge < -0.3 is 19.7 Å². The minimum atomic E-state index is -0.430. The van der Waals surface area contributed by atoms with Crippen molar-refractivity contribution in [2.75, 3.05) is 25.2 Å². The number of benzene rings is 2. The third-order valence-corrected chi connectivity index (χ3v) is 6.66. The quantitative estimate of drug-likeness (QED) is 0.841. The maximum absolute atomic E-state index is 13.8. The van der Waals surface area contributed by atoms with Gasteiger partial charge in [0.1, 0.15) is 0 Å². The molecule has 0 spiro atoms. The number of likely N-dealkylation sites (tertiary alicyclic amines) is 1. The molecule has 1 saturated heterocycles. The van der Waals surface area contributed by atoms with Gasteiger partial charge in [-0.3, -0.25) is 4.79 Å². The van der Waals surface area contributed by atoms with Gasteiger partial charge in [0.2, 0.25) is 12.7 Å². The van der Waals surface area contributed by atoms with Gasteiger partial charge in [-0.2, -0.15) is 0 Å². The fourth-order valence-corrected chi connectivity index (χ4v) is 5.11. The minimum Gasteiger partial charge on any atom is -0.454 e. The zero-order valence-electron chi connectivity index (χ0n) is 16.7. The van der Waals surface area contributed by atoms with Crippen LogP contribution in [-0.4, -0.2) is 36.7 Å². The Balaban J connectivity index is 1.37. The molecule has 29 heavy (non-hydrogen) atoms. The third-order valence-electron chi connectivity index (χ3n) is 6.66. The number of anilines is 1. The van der Waals surface area contributed by atoms with E-state index < -0.39 is 5.41 Å². The van der Waals surface area contributed by atoms with Crippen molar-refractivity contribution in [3.8, 4) is 11.5 Å². The second-order valence-corrected chi connectivity index (χ2v) is 8.46. The van der Waals surface area contributed by atoms with Crippen LogP contribution in [-0.2, 0) is 10.2 Å². The first kappa shape index (κ1) is 18.3. The smallest absolute Gasteiger partial charge is 0.233 e. The lowest BCUT2D eigenvalue weighted by molar-refractivity contribution is -0.137. The lowest BCUT2D eigenvalue weighted by Gasteiger charge is -2.39. The Morgan fingerprint density at radius 3 is 2.62 bits per heavy atom. The van der Waals surface area contributed by atoms with Gasteiger partial charge >= 0.3 is 0 Å². The lowest BCUT2D eigenvalue weighted by atomic mass is 9.68. The number of hydrogen-bond donors (Lipinski definition) is 1. The van der Waals surface area contributed by atoms with E-state index in [1.807, 2.05) is 30.3 Å². The van der Waals surface area contributed by atoms with Gasteiger partial charge in [-0.1, -0.05) is 43.5 Å². The predicted octanol–water partition coefficient (Wildman–Crippen LogP) is 4.33. The topological polar surface area (TPSA) is 50.8 Å². The van der Waals surface area contributed by atoms with Crippen molar-refractivity contribution in [1.82, 2.24) is 4.90 Å². The van der Waals surface area contributed by atoms with E-state index in [4.69, 9.17) is 9.47 Å². The number of nitrogens with one attached hydrogen (secondary N) is 1. The maximum atomic E-state index is 13.8. The molecule has 2 aliphatic heterocycles. The third kappa shape index (κ3) is 3.43. The molecular formula is C24H28N2O3. The van der Waals surface area contributed by atoms with Crippen molar-refractivity contribution in [1.29, 1.82) is 0 Å². The summed E-state index contributed by atoms with van der Waals surface area (Å²) in [6.45, 7) is 1.84. The van der Waals surface area contributed by atoms with Crippen LogP contribution in [0.25, 0.3) is 0 Å². The zero-order chi connectivity index (χ0) is 19.7. The van der Waals surface area contributed by atoms with Crippen LogP contribution in [0.3, 0.4) is 0 Å². The second-order valence-electron chi connectivity index (χ2n) is 8.46.